The number of amides is 1. The molecule has 0 aliphatic carbocycles. The standard InChI is InChI=1S/C14H21N3O5/c1-8(21-9-6-5-7-16-11(9)15)10(12(18)19)17-13(20)22-14(2,3)4/h5-8,10H,1-4H3,(H2,15,16)(H,17,20)(H,18,19)/t8-,10+/m1/s1. The number of nitrogens with two attached hydrogens (primary N) is 1. The molecule has 0 aliphatic rings. The van der Waals surface area contributed by atoms with Gasteiger partial charge in [0, 0.05) is 6.20 Å². The Kier molecular flexibility index (Phi) is 5.56. The van der Waals surface area contributed by atoms with Crippen molar-refractivity contribution in [2.45, 2.75) is 45.4 Å². The molecule has 0 saturated heterocycles. The highest BCUT2D eigenvalue weighted by atomic mass is 16.6. The van der Waals surface area contributed by atoms with Crippen molar-refractivity contribution in [2.75, 3.05) is 5.73 Å². The maximum absolute atomic E-state index is 11.7. The number of nitrogens with zero attached hydrogens (tertiary/aromatic N) is 1. The van der Waals surface area contributed by atoms with Crippen molar-refractivity contribution >= 4 is 17.9 Å². The highest BCUT2D eigenvalue weighted by Gasteiger charge is 2.30. The average Bonchev–Trinajstić information content (AvgIpc) is 2.36. The lowest BCUT2D eigenvalue weighted by Crippen LogP contribution is -2.51. The van der Waals surface area contributed by atoms with Crippen molar-refractivity contribution in [1.82, 2.24) is 10.3 Å². The zero-order valence-corrected chi connectivity index (χ0v) is 13.0. The van der Waals surface area contributed by atoms with E-state index in [4.69, 9.17) is 15.2 Å². The molecule has 1 rings (SSSR count). The summed E-state index contributed by atoms with van der Waals surface area (Å²) in [6.45, 7) is 6.54. The average molecular weight is 311 g/mol. The fourth-order valence-electron chi connectivity index (χ4n) is 1.59. The van der Waals surface area contributed by atoms with Crippen LogP contribution in [0.15, 0.2) is 18.3 Å². The predicted molar refractivity (Wildman–Crippen MR) is 79.5 cm³/mol. The molecule has 8 nitrogen and oxygen atoms in total. The second-order valence-electron chi connectivity index (χ2n) is 5.67. The SMILES string of the molecule is C[C@@H](Oc1cccnc1N)[C@H](NC(=O)OC(C)(C)C)C(=O)O. The molecular weight excluding hydrogens is 290 g/mol. The van der Waals surface area contributed by atoms with E-state index < -0.39 is 29.8 Å². The lowest BCUT2D eigenvalue weighted by atomic mass is 10.2. The minimum Gasteiger partial charge on any atom is -0.484 e. The zero-order chi connectivity index (χ0) is 16.9. The molecule has 0 fully saturated rings. The van der Waals surface area contributed by atoms with Gasteiger partial charge in [0.25, 0.3) is 0 Å². The number of ether oxygens (including phenoxy) is 2. The molecule has 4 N–H and O–H groups in total. The van der Waals surface area contributed by atoms with Crippen molar-refractivity contribution < 1.29 is 24.2 Å². The van der Waals surface area contributed by atoms with Crippen LogP contribution in [-0.4, -0.2) is 39.9 Å². The fraction of sp³-hybridized carbons (Fsp3) is 0.500. The topological polar surface area (TPSA) is 124 Å². The zero-order valence-electron chi connectivity index (χ0n) is 13.0. The maximum atomic E-state index is 11.7. The molecular formula is C14H21N3O5. The molecule has 1 amide bonds. The third-order valence-electron chi connectivity index (χ3n) is 2.52. The number of nitrogen functional groups attached to an aromatic ring is 1. The van der Waals surface area contributed by atoms with Gasteiger partial charge in [-0.15, -0.1) is 0 Å². The Labute approximate surface area is 128 Å². The van der Waals surface area contributed by atoms with Crippen LogP contribution in [0.3, 0.4) is 0 Å². The summed E-state index contributed by atoms with van der Waals surface area (Å²) in [5, 5.41) is 11.5. The largest absolute Gasteiger partial charge is 0.484 e. The van der Waals surface area contributed by atoms with Crippen LogP contribution in [-0.2, 0) is 9.53 Å². The number of carbonyl (C=O) groups excluding carboxylic acids is 1. The number of anilines is 1. The van der Waals surface area contributed by atoms with Crippen molar-refractivity contribution in [3.05, 3.63) is 18.3 Å². The summed E-state index contributed by atoms with van der Waals surface area (Å²) in [6, 6.07) is 1.87. The number of pyridine rings is 1. The van der Waals surface area contributed by atoms with Crippen LogP contribution in [0.4, 0.5) is 10.6 Å². The number of carboxylic acid groups (broad SMARTS) is 1. The van der Waals surface area contributed by atoms with Crippen molar-refractivity contribution in [1.29, 1.82) is 0 Å². The number of alkyl carbamates (subject to hydrolysis) is 1. The van der Waals surface area contributed by atoms with Gasteiger partial charge in [-0.3, -0.25) is 0 Å². The van der Waals surface area contributed by atoms with E-state index in [0.717, 1.165) is 0 Å². The quantitative estimate of drug-likeness (QED) is 0.751. The third kappa shape index (κ3) is 5.47. The van der Waals surface area contributed by atoms with E-state index in [1.807, 2.05) is 0 Å². The number of carbonyl (C=O) groups is 2. The van der Waals surface area contributed by atoms with E-state index in [-0.39, 0.29) is 11.6 Å². The van der Waals surface area contributed by atoms with Gasteiger partial charge in [-0.1, -0.05) is 0 Å². The van der Waals surface area contributed by atoms with E-state index >= 15 is 0 Å². The summed E-state index contributed by atoms with van der Waals surface area (Å²) in [4.78, 5) is 26.9. The number of aromatic nitrogens is 1. The minimum absolute atomic E-state index is 0.135. The van der Waals surface area contributed by atoms with Crippen molar-refractivity contribution in [3.8, 4) is 5.75 Å². The van der Waals surface area contributed by atoms with E-state index in [2.05, 4.69) is 10.3 Å². The van der Waals surface area contributed by atoms with Crippen LogP contribution in [0.2, 0.25) is 0 Å². The Balaban J connectivity index is 2.76. The first kappa shape index (κ1) is 17.5. The Morgan fingerprint density at radius 2 is 2.05 bits per heavy atom. The van der Waals surface area contributed by atoms with Crippen LogP contribution in [0, 0.1) is 0 Å². The highest BCUT2D eigenvalue weighted by molar-refractivity contribution is 5.80. The normalized spacial score (nSPS) is 13.8. The minimum atomic E-state index is -1.30. The van der Waals surface area contributed by atoms with Gasteiger partial charge in [0.05, 0.1) is 0 Å². The number of carboxylic acids is 1. The molecule has 8 heteroatoms. The number of hydrogen-bond donors (Lipinski definition) is 3. The summed E-state index contributed by atoms with van der Waals surface area (Å²) in [5.41, 5.74) is 4.90. The first-order chi connectivity index (χ1) is 10.1. The smallest absolute Gasteiger partial charge is 0.408 e. The molecule has 1 aromatic rings. The number of rotatable bonds is 5. The molecule has 0 saturated carbocycles. The number of nitrogens with one attached hydrogen (secondary N) is 1. The van der Waals surface area contributed by atoms with Crippen LogP contribution < -0.4 is 15.8 Å². The molecule has 2 atom stereocenters. The van der Waals surface area contributed by atoms with Crippen molar-refractivity contribution in [2.24, 2.45) is 0 Å². The van der Waals surface area contributed by atoms with Crippen LogP contribution in [0.25, 0.3) is 0 Å². The molecule has 0 aliphatic heterocycles. The third-order valence-corrected chi connectivity index (χ3v) is 2.52. The number of aliphatic carboxylic acids is 1. The maximum Gasteiger partial charge on any atom is 0.408 e. The van der Waals surface area contributed by atoms with Gasteiger partial charge in [-0.05, 0) is 39.8 Å². The predicted octanol–water partition coefficient (Wildman–Crippen LogP) is 1.41. The van der Waals surface area contributed by atoms with Gasteiger partial charge in [0.15, 0.2) is 17.6 Å². The molecule has 0 spiro atoms. The van der Waals surface area contributed by atoms with E-state index in [9.17, 15) is 14.7 Å². The molecule has 22 heavy (non-hydrogen) atoms. The first-order valence-electron chi connectivity index (χ1n) is 6.69. The Morgan fingerprint density at radius 1 is 1.41 bits per heavy atom. The van der Waals surface area contributed by atoms with Gasteiger partial charge in [-0.2, -0.15) is 0 Å². The molecule has 0 aromatic carbocycles. The Morgan fingerprint density at radius 3 is 2.55 bits per heavy atom. The Hall–Kier alpha value is -2.51. The second kappa shape index (κ2) is 6.97. The molecule has 0 bridgehead atoms. The molecule has 1 heterocycles. The first-order valence-corrected chi connectivity index (χ1v) is 6.69. The second-order valence-corrected chi connectivity index (χ2v) is 5.67. The molecule has 0 unspecified atom stereocenters. The fourth-order valence-corrected chi connectivity index (χ4v) is 1.59. The summed E-state index contributed by atoms with van der Waals surface area (Å²) in [7, 11) is 0. The van der Waals surface area contributed by atoms with Crippen LogP contribution >= 0.6 is 0 Å². The summed E-state index contributed by atoms with van der Waals surface area (Å²) in [5.74, 6) is -0.871. The van der Waals surface area contributed by atoms with Crippen molar-refractivity contribution in [3.63, 3.8) is 0 Å². The van der Waals surface area contributed by atoms with Crippen LogP contribution in [0.1, 0.15) is 27.7 Å². The van der Waals surface area contributed by atoms with Gasteiger partial charge < -0.3 is 25.6 Å². The molecule has 1 aromatic heterocycles. The summed E-state index contributed by atoms with van der Waals surface area (Å²) < 4.78 is 10.5. The monoisotopic (exact) mass is 311 g/mol. The van der Waals surface area contributed by atoms with E-state index in [1.54, 1.807) is 32.9 Å². The lowest BCUT2D eigenvalue weighted by Gasteiger charge is -2.25. The van der Waals surface area contributed by atoms with Crippen LogP contribution in [0.5, 0.6) is 5.75 Å². The summed E-state index contributed by atoms with van der Waals surface area (Å²) in [6.07, 6.45) is -0.230. The van der Waals surface area contributed by atoms with Gasteiger partial charge in [-0.25, -0.2) is 14.6 Å². The summed E-state index contributed by atoms with van der Waals surface area (Å²) >= 11 is 0. The van der Waals surface area contributed by atoms with E-state index in [0.29, 0.717) is 0 Å². The lowest BCUT2D eigenvalue weighted by molar-refractivity contribution is -0.141. The molecule has 0 radical (unpaired) electrons. The van der Waals surface area contributed by atoms with Gasteiger partial charge in [0.2, 0.25) is 0 Å². The van der Waals surface area contributed by atoms with Gasteiger partial charge >= 0.3 is 12.1 Å². The Bertz CT molecular complexity index is 542. The van der Waals surface area contributed by atoms with Gasteiger partial charge in [0.1, 0.15) is 11.7 Å². The highest BCUT2D eigenvalue weighted by Crippen LogP contribution is 2.19. The number of hydrogen-bond acceptors (Lipinski definition) is 6. The molecule has 122 valence electrons. The van der Waals surface area contributed by atoms with E-state index in [1.165, 1.54) is 13.1 Å².